The van der Waals surface area contributed by atoms with Gasteiger partial charge in [0.2, 0.25) is 9.84 Å². The summed E-state index contributed by atoms with van der Waals surface area (Å²) < 4.78 is 63.4. The van der Waals surface area contributed by atoms with Crippen LogP contribution in [-0.2, 0) is 15.4 Å². The van der Waals surface area contributed by atoms with Crippen molar-refractivity contribution in [3.63, 3.8) is 0 Å². The first-order chi connectivity index (χ1) is 14.9. The number of nitrogen functional groups attached to an aromatic ring is 1. The summed E-state index contributed by atoms with van der Waals surface area (Å²) in [6.07, 6.45) is -3.60. The third-order valence-corrected chi connectivity index (χ3v) is 6.57. The second kappa shape index (κ2) is 8.97. The Kier molecular flexibility index (Phi) is 6.69. The third-order valence-electron chi connectivity index (χ3n) is 5.30. The largest absolute Gasteiger partial charge is 0.421 e. The van der Waals surface area contributed by atoms with E-state index in [2.05, 4.69) is 16.2 Å². The lowest BCUT2D eigenvalue weighted by molar-refractivity contribution is -0.258. The van der Waals surface area contributed by atoms with E-state index in [1.54, 1.807) is 12.1 Å². The van der Waals surface area contributed by atoms with Crippen molar-refractivity contribution in [3.05, 3.63) is 48.2 Å². The van der Waals surface area contributed by atoms with E-state index in [1.165, 1.54) is 24.3 Å². The van der Waals surface area contributed by atoms with E-state index in [0.29, 0.717) is 26.2 Å². The van der Waals surface area contributed by atoms with Gasteiger partial charge in [-0.3, -0.25) is 4.90 Å². The second-order valence-corrected chi connectivity index (χ2v) is 9.26. The van der Waals surface area contributed by atoms with E-state index in [0.717, 1.165) is 18.8 Å². The molecular weight excluding hydrogens is 445 g/mol. The molecule has 0 unspecified atom stereocenters. The highest BCUT2D eigenvalue weighted by atomic mass is 32.2. The van der Waals surface area contributed by atoms with Gasteiger partial charge in [-0.1, -0.05) is 18.1 Å². The topological polar surface area (TPSA) is 99.8 Å². The first-order valence-electron chi connectivity index (χ1n) is 9.73. The normalized spacial score (nSPS) is 17.3. The number of alkyl halides is 3. The molecule has 1 fully saturated rings. The summed E-state index contributed by atoms with van der Waals surface area (Å²) in [5, 5.41) is 12.1. The van der Waals surface area contributed by atoms with Crippen LogP contribution in [0.2, 0.25) is 0 Å². The number of nitrogens with two attached hydrogens (primary N) is 1. The number of nitrogens with zero attached hydrogens (tertiary/aromatic N) is 3. The van der Waals surface area contributed by atoms with Gasteiger partial charge in [0.05, 0.1) is 11.4 Å². The lowest BCUT2D eigenvalue weighted by atomic mass is 9.95. The molecule has 0 radical (unpaired) electrons. The van der Waals surface area contributed by atoms with Crippen molar-refractivity contribution >= 4 is 21.3 Å². The maximum Gasteiger partial charge on any atom is 0.421 e. The fourth-order valence-electron chi connectivity index (χ4n) is 3.17. The molecule has 0 amide bonds. The number of sulfone groups is 1. The van der Waals surface area contributed by atoms with Crippen molar-refractivity contribution in [2.24, 2.45) is 0 Å². The monoisotopic (exact) mass is 468 g/mol. The van der Waals surface area contributed by atoms with Crippen molar-refractivity contribution in [1.82, 2.24) is 9.88 Å². The highest BCUT2D eigenvalue weighted by Gasteiger charge is 2.51. The minimum Gasteiger partial charge on any atom is -0.384 e. The molecule has 1 atom stereocenters. The number of halogens is 3. The molecule has 172 valence electrons. The van der Waals surface area contributed by atoms with Crippen LogP contribution in [0, 0.1) is 11.2 Å². The quantitative estimate of drug-likeness (QED) is 0.523. The van der Waals surface area contributed by atoms with Gasteiger partial charge >= 0.3 is 6.18 Å². The van der Waals surface area contributed by atoms with Crippen LogP contribution in [0.4, 0.5) is 24.7 Å². The van der Waals surface area contributed by atoms with Crippen molar-refractivity contribution in [3.8, 4) is 11.2 Å². The maximum atomic E-state index is 13.0. The summed E-state index contributed by atoms with van der Waals surface area (Å²) in [6.45, 7) is 3.42. The average Bonchev–Trinajstić information content (AvgIpc) is 2.74. The Morgan fingerprint density at radius 3 is 2.25 bits per heavy atom. The number of aliphatic hydroxyl groups is 1. The molecule has 3 rings (SSSR count). The number of hydrogen-bond donors (Lipinski definition) is 2. The van der Waals surface area contributed by atoms with E-state index >= 15 is 0 Å². The van der Waals surface area contributed by atoms with Crippen LogP contribution in [0.15, 0.2) is 47.5 Å². The minimum atomic E-state index is -4.76. The number of anilines is 2. The standard InChI is InChI=1S/C21H23F3N4O3S/c1-20(29,21(22,23)24)16-3-5-17(6-4-16)28-12-10-27(11-13-28)9-2-14-32(30,31)18-7-8-19(25)26-15-18/h3-8,15,29H,9-13H2,1H3,(H2,25,26)/t20-/m1/s1. The van der Waals surface area contributed by atoms with Crippen LogP contribution < -0.4 is 10.6 Å². The van der Waals surface area contributed by atoms with Gasteiger partial charge < -0.3 is 15.7 Å². The molecule has 0 aliphatic carbocycles. The SMILES string of the molecule is C[C@@](O)(c1ccc(N2CCN(CC#CS(=O)(=O)c3ccc(N)nc3)CC2)cc1)C(F)(F)F. The molecule has 2 heterocycles. The first kappa shape index (κ1) is 23.8. The Morgan fingerprint density at radius 2 is 1.72 bits per heavy atom. The highest BCUT2D eigenvalue weighted by Crippen LogP contribution is 2.38. The van der Waals surface area contributed by atoms with Crippen molar-refractivity contribution in [2.75, 3.05) is 43.4 Å². The van der Waals surface area contributed by atoms with E-state index in [4.69, 9.17) is 5.73 Å². The fraction of sp³-hybridized carbons (Fsp3) is 0.381. The van der Waals surface area contributed by atoms with Crippen LogP contribution in [0.5, 0.6) is 0 Å². The summed E-state index contributed by atoms with van der Waals surface area (Å²) in [4.78, 5) is 7.74. The molecule has 3 N–H and O–H groups in total. The maximum absolute atomic E-state index is 13.0. The third kappa shape index (κ3) is 5.32. The zero-order chi connectivity index (χ0) is 23.6. The highest BCUT2D eigenvalue weighted by molar-refractivity contribution is 7.96. The molecule has 2 aromatic rings. The Morgan fingerprint density at radius 1 is 1.09 bits per heavy atom. The predicted molar refractivity (Wildman–Crippen MR) is 114 cm³/mol. The van der Waals surface area contributed by atoms with Crippen molar-refractivity contribution in [2.45, 2.75) is 23.6 Å². The summed E-state index contributed by atoms with van der Waals surface area (Å²) >= 11 is 0. The van der Waals surface area contributed by atoms with Gasteiger partial charge in [0.15, 0.2) is 5.60 Å². The van der Waals surface area contributed by atoms with Gasteiger partial charge in [-0.2, -0.15) is 13.2 Å². The Hall–Kier alpha value is -2.81. The summed E-state index contributed by atoms with van der Waals surface area (Å²) in [5.74, 6) is 2.90. The van der Waals surface area contributed by atoms with E-state index in [-0.39, 0.29) is 22.8 Å². The van der Waals surface area contributed by atoms with E-state index in [9.17, 15) is 26.7 Å². The summed E-state index contributed by atoms with van der Waals surface area (Å²) in [5.41, 5.74) is 3.07. The average molecular weight is 469 g/mol. The number of pyridine rings is 1. The molecule has 11 heteroatoms. The predicted octanol–water partition coefficient (Wildman–Crippen LogP) is 1.99. The molecule has 0 saturated carbocycles. The molecule has 32 heavy (non-hydrogen) atoms. The molecule has 0 bridgehead atoms. The number of aromatic nitrogens is 1. The zero-order valence-corrected chi connectivity index (χ0v) is 18.1. The molecule has 1 aromatic carbocycles. The van der Waals surface area contributed by atoms with Crippen LogP contribution in [-0.4, -0.2) is 62.3 Å². The summed E-state index contributed by atoms with van der Waals surface area (Å²) in [7, 11) is -3.78. The molecule has 1 saturated heterocycles. The van der Waals surface area contributed by atoms with Crippen LogP contribution in [0.3, 0.4) is 0 Å². The lowest BCUT2D eigenvalue weighted by Gasteiger charge is -2.35. The molecule has 1 aliphatic heterocycles. The molecule has 1 aliphatic rings. The minimum absolute atomic E-state index is 0.0167. The van der Waals surface area contributed by atoms with Gasteiger partial charge in [-0.25, -0.2) is 13.4 Å². The number of piperazine rings is 1. The van der Waals surface area contributed by atoms with Crippen molar-refractivity contribution in [1.29, 1.82) is 0 Å². The van der Waals surface area contributed by atoms with Crippen LogP contribution in [0.1, 0.15) is 12.5 Å². The van der Waals surface area contributed by atoms with Crippen LogP contribution in [0.25, 0.3) is 0 Å². The summed E-state index contributed by atoms with van der Waals surface area (Å²) in [6, 6.07) is 8.40. The van der Waals surface area contributed by atoms with Crippen molar-refractivity contribution < 1.29 is 26.7 Å². The fourth-order valence-corrected chi connectivity index (χ4v) is 3.98. The number of hydrogen-bond acceptors (Lipinski definition) is 7. The smallest absolute Gasteiger partial charge is 0.384 e. The van der Waals surface area contributed by atoms with Gasteiger partial charge in [0.25, 0.3) is 0 Å². The molecule has 0 spiro atoms. The second-order valence-electron chi connectivity index (χ2n) is 7.58. The molecule has 7 nitrogen and oxygen atoms in total. The molecule has 1 aromatic heterocycles. The first-order valence-corrected chi connectivity index (χ1v) is 11.2. The number of rotatable bonds is 4. The van der Waals surface area contributed by atoms with E-state index in [1.807, 2.05) is 9.80 Å². The van der Waals surface area contributed by atoms with Gasteiger partial charge in [-0.05, 0) is 36.8 Å². The van der Waals surface area contributed by atoms with Gasteiger partial charge in [0, 0.05) is 43.3 Å². The lowest BCUT2D eigenvalue weighted by Crippen LogP contribution is -2.46. The van der Waals surface area contributed by atoms with E-state index < -0.39 is 21.6 Å². The Labute approximate surface area is 184 Å². The van der Waals surface area contributed by atoms with Gasteiger partial charge in [0.1, 0.15) is 5.82 Å². The zero-order valence-electron chi connectivity index (χ0n) is 17.3. The Balaban J connectivity index is 1.56. The number of benzene rings is 1. The molecular formula is C21H23F3N4O3S. The van der Waals surface area contributed by atoms with Crippen LogP contribution >= 0.6 is 0 Å². The Bertz CT molecular complexity index is 1100. The van der Waals surface area contributed by atoms with Gasteiger partial charge in [-0.15, -0.1) is 0 Å².